The van der Waals surface area contributed by atoms with Gasteiger partial charge in [-0.15, -0.1) is 0 Å². The van der Waals surface area contributed by atoms with Gasteiger partial charge in [0.15, 0.2) is 0 Å². The molecule has 1 amide bonds. The first-order valence-electron chi connectivity index (χ1n) is 6.30. The fraction of sp³-hybridized carbons (Fsp3) is 0.500. The van der Waals surface area contributed by atoms with Gasteiger partial charge in [-0.2, -0.15) is 0 Å². The van der Waals surface area contributed by atoms with Crippen molar-refractivity contribution in [3.63, 3.8) is 0 Å². The molecule has 1 unspecified atom stereocenters. The highest BCUT2D eigenvalue weighted by Crippen LogP contribution is 2.05. The fourth-order valence-corrected chi connectivity index (χ4v) is 1.69. The van der Waals surface area contributed by atoms with Crippen molar-refractivity contribution < 1.29 is 14.3 Å². The maximum absolute atomic E-state index is 11.9. The van der Waals surface area contributed by atoms with E-state index in [1.807, 2.05) is 12.1 Å². The normalized spacial score (nSPS) is 12.2. The summed E-state index contributed by atoms with van der Waals surface area (Å²) in [5.74, 6) is -0.113. The summed E-state index contributed by atoms with van der Waals surface area (Å²) in [7, 11) is 3.20. The lowest BCUT2D eigenvalue weighted by Crippen LogP contribution is -2.35. The Morgan fingerprint density at radius 1 is 1.32 bits per heavy atom. The summed E-state index contributed by atoms with van der Waals surface area (Å²) >= 11 is 0. The second-order valence-corrected chi connectivity index (χ2v) is 4.26. The Labute approximate surface area is 114 Å². The predicted octanol–water partition coefficient (Wildman–Crippen LogP) is 0.579. The Balaban J connectivity index is 2.48. The van der Waals surface area contributed by atoms with Gasteiger partial charge in [0.05, 0.1) is 12.7 Å². The first-order valence-corrected chi connectivity index (χ1v) is 6.30. The van der Waals surface area contributed by atoms with Crippen LogP contribution in [0.3, 0.4) is 0 Å². The molecule has 1 rings (SSSR count). The molecule has 5 nitrogen and oxygen atoms in total. The molecule has 1 aromatic carbocycles. The molecule has 0 saturated carbocycles. The second-order valence-electron chi connectivity index (χ2n) is 4.26. The van der Waals surface area contributed by atoms with Crippen molar-refractivity contribution in [2.45, 2.75) is 12.5 Å². The maximum atomic E-state index is 11.9. The minimum absolute atomic E-state index is 0.113. The second kappa shape index (κ2) is 8.63. The lowest BCUT2D eigenvalue weighted by atomic mass is 10.1. The number of nitrogens with two attached hydrogens (primary N) is 1. The summed E-state index contributed by atoms with van der Waals surface area (Å²) in [4.78, 5) is 11.9. The van der Waals surface area contributed by atoms with Gasteiger partial charge < -0.3 is 20.5 Å². The largest absolute Gasteiger partial charge is 0.382 e. The van der Waals surface area contributed by atoms with Gasteiger partial charge in [-0.25, -0.2) is 0 Å². The highest BCUT2D eigenvalue weighted by Gasteiger charge is 2.10. The molecule has 3 N–H and O–H groups in total. The van der Waals surface area contributed by atoms with Crippen LogP contribution in [0, 0.1) is 0 Å². The van der Waals surface area contributed by atoms with Crippen molar-refractivity contribution in [2.75, 3.05) is 33.9 Å². The minimum atomic E-state index is -0.134. The average molecular weight is 266 g/mol. The zero-order valence-electron chi connectivity index (χ0n) is 11.5. The monoisotopic (exact) mass is 266 g/mol. The average Bonchev–Trinajstić information content (AvgIpc) is 2.44. The van der Waals surface area contributed by atoms with Gasteiger partial charge in [-0.3, -0.25) is 4.79 Å². The maximum Gasteiger partial charge on any atom is 0.251 e. The number of amides is 1. The summed E-state index contributed by atoms with van der Waals surface area (Å²) in [5.41, 5.74) is 7.24. The van der Waals surface area contributed by atoms with Gasteiger partial charge in [0.25, 0.3) is 5.91 Å². The van der Waals surface area contributed by atoms with E-state index in [0.29, 0.717) is 25.3 Å². The van der Waals surface area contributed by atoms with Crippen LogP contribution in [0.25, 0.3) is 0 Å². The summed E-state index contributed by atoms with van der Waals surface area (Å²) < 4.78 is 10.2. The van der Waals surface area contributed by atoms with Gasteiger partial charge in [-0.1, -0.05) is 12.1 Å². The van der Waals surface area contributed by atoms with Crippen LogP contribution in [0.5, 0.6) is 0 Å². The van der Waals surface area contributed by atoms with Crippen LogP contribution < -0.4 is 11.1 Å². The van der Waals surface area contributed by atoms with Gasteiger partial charge in [-0.05, 0) is 30.7 Å². The summed E-state index contributed by atoms with van der Waals surface area (Å²) in [5, 5.41) is 2.82. The zero-order valence-corrected chi connectivity index (χ0v) is 11.5. The fourth-order valence-electron chi connectivity index (χ4n) is 1.69. The minimum Gasteiger partial charge on any atom is -0.382 e. The molecule has 5 heteroatoms. The number of hydrogen-bond acceptors (Lipinski definition) is 4. The number of methoxy groups -OCH3 is 2. The van der Waals surface area contributed by atoms with Gasteiger partial charge in [0, 0.05) is 26.3 Å². The number of rotatable bonds is 8. The van der Waals surface area contributed by atoms with E-state index in [1.54, 1.807) is 26.4 Å². The summed E-state index contributed by atoms with van der Waals surface area (Å²) in [6.45, 7) is 1.48. The first-order chi connectivity index (χ1) is 9.21. The number of carbonyl (C=O) groups excluding carboxylic acids is 1. The van der Waals surface area contributed by atoms with Crippen molar-refractivity contribution >= 4 is 5.91 Å². The molecule has 0 heterocycles. The Morgan fingerprint density at radius 2 is 2.00 bits per heavy atom. The highest BCUT2D eigenvalue weighted by molar-refractivity contribution is 5.94. The SMILES string of the molecule is COCC(CNC(=O)c1ccc(CCN)cc1)OC. The quantitative estimate of drug-likeness (QED) is 0.722. The molecule has 0 bridgehead atoms. The molecule has 0 aliphatic heterocycles. The van der Waals surface area contributed by atoms with Crippen LogP contribution in [0.4, 0.5) is 0 Å². The van der Waals surface area contributed by atoms with Crippen molar-refractivity contribution in [1.29, 1.82) is 0 Å². The van der Waals surface area contributed by atoms with Gasteiger partial charge in [0.1, 0.15) is 0 Å². The molecule has 0 fully saturated rings. The van der Waals surface area contributed by atoms with E-state index < -0.39 is 0 Å². The lowest BCUT2D eigenvalue weighted by molar-refractivity contribution is 0.0285. The molecule has 106 valence electrons. The molecule has 0 radical (unpaired) electrons. The smallest absolute Gasteiger partial charge is 0.251 e. The van der Waals surface area contributed by atoms with Crippen molar-refractivity contribution in [3.05, 3.63) is 35.4 Å². The van der Waals surface area contributed by atoms with Crippen molar-refractivity contribution in [1.82, 2.24) is 5.32 Å². The molecule has 0 aromatic heterocycles. The van der Waals surface area contributed by atoms with E-state index in [2.05, 4.69) is 5.32 Å². The van der Waals surface area contributed by atoms with E-state index in [4.69, 9.17) is 15.2 Å². The number of hydrogen-bond donors (Lipinski definition) is 2. The third-order valence-corrected chi connectivity index (χ3v) is 2.83. The van der Waals surface area contributed by atoms with E-state index in [9.17, 15) is 4.79 Å². The number of carbonyl (C=O) groups is 1. The Hall–Kier alpha value is -1.43. The van der Waals surface area contributed by atoms with Crippen LogP contribution in [0.1, 0.15) is 15.9 Å². The molecule has 1 atom stereocenters. The van der Waals surface area contributed by atoms with Crippen LogP contribution in [0.2, 0.25) is 0 Å². The lowest BCUT2D eigenvalue weighted by Gasteiger charge is -2.15. The number of benzene rings is 1. The van der Waals surface area contributed by atoms with Crippen LogP contribution in [0.15, 0.2) is 24.3 Å². The van der Waals surface area contributed by atoms with Crippen LogP contribution in [-0.2, 0) is 15.9 Å². The topological polar surface area (TPSA) is 73.6 Å². The molecule has 0 aliphatic carbocycles. The van der Waals surface area contributed by atoms with Crippen molar-refractivity contribution in [3.8, 4) is 0 Å². The third kappa shape index (κ3) is 5.38. The molecular weight excluding hydrogens is 244 g/mol. The molecule has 0 aliphatic rings. The van der Waals surface area contributed by atoms with Crippen LogP contribution >= 0.6 is 0 Å². The van der Waals surface area contributed by atoms with E-state index in [-0.39, 0.29) is 12.0 Å². The first kappa shape index (κ1) is 15.6. The summed E-state index contributed by atoms with van der Waals surface area (Å²) in [6.07, 6.45) is 0.687. The molecule has 0 saturated heterocycles. The third-order valence-electron chi connectivity index (χ3n) is 2.83. The summed E-state index contributed by atoms with van der Waals surface area (Å²) in [6, 6.07) is 7.45. The Kier molecular flexibility index (Phi) is 7.10. The van der Waals surface area contributed by atoms with Crippen LogP contribution in [-0.4, -0.2) is 45.9 Å². The predicted molar refractivity (Wildman–Crippen MR) is 74.2 cm³/mol. The van der Waals surface area contributed by atoms with E-state index in [0.717, 1.165) is 12.0 Å². The highest BCUT2D eigenvalue weighted by atomic mass is 16.5. The van der Waals surface area contributed by atoms with Gasteiger partial charge >= 0.3 is 0 Å². The van der Waals surface area contributed by atoms with Gasteiger partial charge in [0.2, 0.25) is 0 Å². The molecular formula is C14H22N2O3. The van der Waals surface area contributed by atoms with Crippen molar-refractivity contribution in [2.24, 2.45) is 5.73 Å². The number of nitrogens with one attached hydrogen (secondary N) is 1. The Morgan fingerprint density at radius 3 is 2.53 bits per heavy atom. The standard InChI is InChI=1S/C14H22N2O3/c1-18-10-13(19-2)9-16-14(17)12-5-3-11(4-6-12)7-8-15/h3-6,13H,7-10,15H2,1-2H3,(H,16,17). The zero-order chi connectivity index (χ0) is 14.1. The van der Waals surface area contributed by atoms with E-state index >= 15 is 0 Å². The molecule has 0 spiro atoms. The van der Waals surface area contributed by atoms with E-state index in [1.165, 1.54) is 0 Å². The molecule has 19 heavy (non-hydrogen) atoms. The Bertz CT molecular complexity index is 379. The molecule has 1 aromatic rings. The number of ether oxygens (including phenoxy) is 2.